The number of ether oxygens (including phenoxy) is 1. The van der Waals surface area contributed by atoms with Crippen LogP contribution in [0, 0.1) is 0 Å². The number of likely N-dealkylation sites (tertiary alicyclic amines) is 1. The third-order valence-corrected chi connectivity index (χ3v) is 9.24. The number of carbonyl (C=O) groups excluding carboxylic acids is 2. The molecule has 1 saturated heterocycles. The van der Waals surface area contributed by atoms with E-state index in [0.717, 1.165) is 29.5 Å². The number of fused-ring (bicyclic) bond motifs is 2. The van der Waals surface area contributed by atoms with Crippen molar-refractivity contribution in [1.82, 2.24) is 15.5 Å². The number of nitrogens with two attached hydrogens (primary N) is 2. The Balaban J connectivity index is 1.18. The number of carbonyl (C=O) groups is 2. The van der Waals surface area contributed by atoms with Crippen LogP contribution in [-0.2, 0) is 40.3 Å². The van der Waals surface area contributed by atoms with Gasteiger partial charge in [-0.3, -0.25) is 14.6 Å². The van der Waals surface area contributed by atoms with Gasteiger partial charge in [-0.15, -0.1) is 0 Å². The fourth-order valence-electron chi connectivity index (χ4n) is 6.78. The molecule has 9 nitrogen and oxygen atoms in total. The number of amides is 2. The molecule has 2 aliphatic rings. The van der Waals surface area contributed by atoms with Gasteiger partial charge in [0.1, 0.15) is 6.04 Å². The monoisotopic (exact) mass is 632 g/mol. The Labute approximate surface area is 276 Å². The van der Waals surface area contributed by atoms with E-state index in [9.17, 15) is 9.59 Å². The SMILES string of the molecule is NC(N)=NCCC[C@H]1C[C@H](OCc2ccc3ccccc3c2)CN1C(=O)[C@@H](Cc1ccccc1)NC(=O)[C@@H]1Cc2ccccc2CN1. The molecule has 0 spiro atoms. The van der Waals surface area contributed by atoms with Gasteiger partial charge in [0.05, 0.1) is 18.8 Å². The van der Waals surface area contributed by atoms with E-state index in [4.69, 9.17) is 16.2 Å². The van der Waals surface area contributed by atoms with Crippen molar-refractivity contribution in [2.45, 2.75) is 69.5 Å². The predicted octanol–water partition coefficient (Wildman–Crippen LogP) is 3.82. The number of benzene rings is 4. The van der Waals surface area contributed by atoms with Gasteiger partial charge in [0.2, 0.25) is 11.8 Å². The molecule has 4 atom stereocenters. The van der Waals surface area contributed by atoms with Crippen LogP contribution in [0.25, 0.3) is 10.8 Å². The standard InChI is InChI=1S/C38H44N6O3/c39-38(40)41-18-8-15-32-22-33(47-25-27-16-17-28-11-4-5-12-29(28)19-27)24-44(32)37(46)35(20-26-9-2-1-3-10-26)43-36(45)34-21-30-13-6-7-14-31(30)23-42-34/h1-7,9-14,16-17,19,32-35,42H,8,15,18,20-25H2,(H,43,45)(H4,39,40,41)/t32-,33-,34-,35+/m0/s1. The van der Waals surface area contributed by atoms with Gasteiger partial charge in [0.15, 0.2) is 5.96 Å². The maximum Gasteiger partial charge on any atom is 0.245 e. The minimum Gasteiger partial charge on any atom is -0.372 e. The average Bonchev–Trinajstić information content (AvgIpc) is 3.51. The molecule has 244 valence electrons. The smallest absolute Gasteiger partial charge is 0.245 e. The molecule has 9 heteroatoms. The molecule has 0 unspecified atom stereocenters. The summed E-state index contributed by atoms with van der Waals surface area (Å²) in [6, 6.07) is 31.4. The van der Waals surface area contributed by atoms with Crippen molar-refractivity contribution >= 4 is 28.5 Å². The number of rotatable bonds is 12. The molecule has 0 radical (unpaired) electrons. The number of guanidine groups is 1. The summed E-state index contributed by atoms with van der Waals surface area (Å²) in [5.41, 5.74) is 15.6. The lowest BCUT2D eigenvalue weighted by Crippen LogP contribution is -2.56. The summed E-state index contributed by atoms with van der Waals surface area (Å²) in [6.07, 6.45) is 3.00. The Bertz CT molecular complexity index is 1710. The van der Waals surface area contributed by atoms with E-state index in [1.54, 1.807) is 0 Å². The molecule has 47 heavy (non-hydrogen) atoms. The summed E-state index contributed by atoms with van der Waals surface area (Å²) < 4.78 is 6.44. The second-order valence-electron chi connectivity index (χ2n) is 12.6. The Morgan fingerprint density at radius 3 is 2.47 bits per heavy atom. The third-order valence-electron chi connectivity index (χ3n) is 9.24. The second kappa shape index (κ2) is 15.2. The molecular formula is C38H44N6O3. The molecule has 2 heterocycles. The topological polar surface area (TPSA) is 135 Å². The molecule has 0 saturated carbocycles. The Morgan fingerprint density at radius 2 is 1.66 bits per heavy atom. The van der Waals surface area contributed by atoms with Gasteiger partial charge >= 0.3 is 0 Å². The molecule has 0 bridgehead atoms. The second-order valence-corrected chi connectivity index (χ2v) is 12.6. The van der Waals surface area contributed by atoms with E-state index in [1.165, 1.54) is 16.3 Å². The molecule has 1 fully saturated rings. The van der Waals surface area contributed by atoms with Crippen molar-refractivity contribution in [2.24, 2.45) is 16.5 Å². The van der Waals surface area contributed by atoms with Gasteiger partial charge < -0.3 is 31.7 Å². The van der Waals surface area contributed by atoms with E-state index >= 15 is 0 Å². The fourth-order valence-corrected chi connectivity index (χ4v) is 6.78. The first kappa shape index (κ1) is 32.2. The highest BCUT2D eigenvalue weighted by Gasteiger charge is 2.39. The minimum atomic E-state index is -0.719. The highest BCUT2D eigenvalue weighted by atomic mass is 16.5. The number of nitrogens with one attached hydrogen (secondary N) is 2. The molecule has 0 aliphatic carbocycles. The molecule has 2 aliphatic heterocycles. The first-order chi connectivity index (χ1) is 22.9. The molecule has 4 aromatic rings. The van der Waals surface area contributed by atoms with Crippen LogP contribution in [0.5, 0.6) is 0 Å². The van der Waals surface area contributed by atoms with Crippen LogP contribution in [0.1, 0.15) is 41.5 Å². The van der Waals surface area contributed by atoms with Gasteiger partial charge in [-0.25, -0.2) is 0 Å². The maximum atomic E-state index is 14.5. The van der Waals surface area contributed by atoms with Crippen molar-refractivity contribution in [3.05, 3.63) is 119 Å². The summed E-state index contributed by atoms with van der Waals surface area (Å²) in [6.45, 7) is 2.01. The van der Waals surface area contributed by atoms with E-state index in [-0.39, 0.29) is 29.9 Å². The number of nitrogens with zero attached hydrogens (tertiary/aromatic N) is 2. The first-order valence-electron chi connectivity index (χ1n) is 16.5. The number of hydrogen-bond donors (Lipinski definition) is 4. The quantitative estimate of drug-likeness (QED) is 0.107. The van der Waals surface area contributed by atoms with Crippen LogP contribution in [0.4, 0.5) is 0 Å². The van der Waals surface area contributed by atoms with Crippen LogP contribution >= 0.6 is 0 Å². The summed E-state index contributed by atoms with van der Waals surface area (Å²) in [7, 11) is 0. The molecule has 0 aromatic heterocycles. The minimum absolute atomic E-state index is 0.0607. The molecular weight excluding hydrogens is 588 g/mol. The lowest BCUT2D eigenvalue weighted by Gasteiger charge is -2.31. The summed E-state index contributed by atoms with van der Waals surface area (Å²) in [4.78, 5) is 34.2. The zero-order valence-electron chi connectivity index (χ0n) is 26.7. The molecule has 2 amide bonds. The summed E-state index contributed by atoms with van der Waals surface area (Å²) >= 11 is 0. The van der Waals surface area contributed by atoms with Crippen LogP contribution in [0.3, 0.4) is 0 Å². The van der Waals surface area contributed by atoms with Crippen molar-refractivity contribution in [1.29, 1.82) is 0 Å². The average molecular weight is 633 g/mol. The van der Waals surface area contributed by atoms with Crippen LogP contribution in [-0.4, -0.2) is 60.0 Å². The number of aliphatic imine (C=N–C) groups is 1. The Kier molecular flexibility index (Phi) is 10.4. The van der Waals surface area contributed by atoms with E-state index < -0.39 is 12.1 Å². The van der Waals surface area contributed by atoms with Crippen molar-refractivity contribution in [3.8, 4) is 0 Å². The first-order valence-corrected chi connectivity index (χ1v) is 16.5. The summed E-state index contributed by atoms with van der Waals surface area (Å²) in [5, 5.41) is 8.87. The molecule has 4 aromatic carbocycles. The fraction of sp³-hybridized carbons (Fsp3) is 0.342. The maximum absolute atomic E-state index is 14.5. The van der Waals surface area contributed by atoms with Gasteiger partial charge in [-0.1, -0.05) is 91.0 Å². The van der Waals surface area contributed by atoms with E-state index in [0.29, 0.717) is 45.5 Å². The van der Waals surface area contributed by atoms with E-state index in [2.05, 4.69) is 58.1 Å². The van der Waals surface area contributed by atoms with Crippen molar-refractivity contribution in [3.63, 3.8) is 0 Å². The number of hydrogen-bond acceptors (Lipinski definition) is 5. The zero-order chi connectivity index (χ0) is 32.6. The van der Waals surface area contributed by atoms with Gasteiger partial charge in [0.25, 0.3) is 0 Å². The van der Waals surface area contributed by atoms with Gasteiger partial charge in [-0.2, -0.15) is 0 Å². The Morgan fingerprint density at radius 1 is 0.915 bits per heavy atom. The highest BCUT2D eigenvalue weighted by molar-refractivity contribution is 5.90. The zero-order valence-corrected chi connectivity index (χ0v) is 26.7. The predicted molar refractivity (Wildman–Crippen MR) is 185 cm³/mol. The van der Waals surface area contributed by atoms with Crippen molar-refractivity contribution in [2.75, 3.05) is 13.1 Å². The lowest BCUT2D eigenvalue weighted by atomic mass is 9.95. The lowest BCUT2D eigenvalue weighted by molar-refractivity contribution is -0.138. The highest BCUT2D eigenvalue weighted by Crippen LogP contribution is 2.27. The molecule has 6 N–H and O–H groups in total. The third kappa shape index (κ3) is 8.36. The largest absolute Gasteiger partial charge is 0.372 e. The van der Waals surface area contributed by atoms with Crippen LogP contribution in [0.15, 0.2) is 102 Å². The van der Waals surface area contributed by atoms with Crippen LogP contribution < -0.4 is 22.1 Å². The van der Waals surface area contributed by atoms with E-state index in [1.807, 2.05) is 59.5 Å². The Hall–Kier alpha value is -4.73. The molecule has 6 rings (SSSR count). The normalized spacial score (nSPS) is 19.6. The van der Waals surface area contributed by atoms with Crippen LogP contribution in [0.2, 0.25) is 0 Å². The van der Waals surface area contributed by atoms with Crippen molar-refractivity contribution < 1.29 is 14.3 Å². The summed E-state index contributed by atoms with van der Waals surface area (Å²) in [5.74, 6) is -0.200. The van der Waals surface area contributed by atoms with Gasteiger partial charge in [-0.05, 0) is 64.8 Å². The van der Waals surface area contributed by atoms with Gasteiger partial charge in [0, 0.05) is 32.1 Å².